The fraction of sp³-hybridized carbons (Fsp3) is 0.500. The molecule has 0 bridgehead atoms. The molecule has 0 aliphatic heterocycles. The van der Waals surface area contributed by atoms with E-state index in [-0.39, 0.29) is 0 Å². The second kappa shape index (κ2) is 5.14. The summed E-state index contributed by atoms with van der Waals surface area (Å²) in [6.07, 6.45) is 6.20. The average molecular weight is 196 g/mol. The Hall–Kier alpha value is -0.670. The van der Waals surface area contributed by atoms with E-state index in [9.17, 15) is 0 Å². The van der Waals surface area contributed by atoms with Gasteiger partial charge in [0.05, 0.1) is 5.01 Å². The smallest absolute Gasteiger partial charge is 0.0900 e. The largest absolute Gasteiger partial charge is 0.311 e. The van der Waals surface area contributed by atoms with E-state index < -0.39 is 0 Å². The van der Waals surface area contributed by atoms with Crippen molar-refractivity contribution in [3.8, 4) is 0 Å². The molecule has 0 saturated carbocycles. The van der Waals surface area contributed by atoms with E-state index in [1.54, 1.807) is 11.3 Å². The van der Waals surface area contributed by atoms with Crippen LogP contribution in [0.15, 0.2) is 12.3 Å². The number of thiazole rings is 1. The van der Waals surface area contributed by atoms with Crippen molar-refractivity contribution in [3.63, 3.8) is 0 Å². The lowest BCUT2D eigenvalue weighted by atomic mass is 10.3. The zero-order valence-electron chi connectivity index (χ0n) is 8.37. The van der Waals surface area contributed by atoms with Crippen molar-refractivity contribution >= 4 is 17.4 Å². The van der Waals surface area contributed by atoms with Crippen molar-refractivity contribution in [2.45, 2.75) is 26.8 Å². The fourth-order valence-electron chi connectivity index (χ4n) is 1.08. The summed E-state index contributed by atoms with van der Waals surface area (Å²) in [4.78, 5) is 5.41. The molecule has 1 aromatic rings. The van der Waals surface area contributed by atoms with Gasteiger partial charge in [-0.3, -0.25) is 0 Å². The first-order chi connectivity index (χ1) is 6.22. The number of nitrogens with zero attached hydrogens (tertiary/aromatic N) is 1. The Morgan fingerprint density at radius 3 is 3.00 bits per heavy atom. The van der Waals surface area contributed by atoms with Gasteiger partial charge in [0, 0.05) is 17.1 Å². The Bertz CT molecular complexity index is 278. The van der Waals surface area contributed by atoms with Gasteiger partial charge in [-0.1, -0.05) is 13.0 Å². The lowest BCUT2D eigenvalue weighted by molar-refractivity contribution is 0.663. The van der Waals surface area contributed by atoms with Crippen LogP contribution in [0, 0.1) is 6.92 Å². The van der Waals surface area contributed by atoms with Crippen LogP contribution in [0.1, 0.15) is 23.7 Å². The van der Waals surface area contributed by atoms with Crippen molar-refractivity contribution in [1.29, 1.82) is 0 Å². The molecule has 1 atom stereocenters. The maximum Gasteiger partial charge on any atom is 0.0900 e. The number of hydrogen-bond donors (Lipinski definition) is 1. The summed E-state index contributed by atoms with van der Waals surface area (Å²) < 4.78 is 0. The topological polar surface area (TPSA) is 24.9 Å². The van der Waals surface area contributed by atoms with Crippen LogP contribution in [0.4, 0.5) is 0 Å². The summed E-state index contributed by atoms with van der Waals surface area (Å²) in [5.74, 6) is 0. The number of hydrogen-bond acceptors (Lipinski definition) is 3. The Balaban J connectivity index is 2.48. The summed E-state index contributed by atoms with van der Waals surface area (Å²) in [6, 6.07) is 0.437. The number of aryl methyl sites for hydroxylation is 1. The highest BCUT2D eigenvalue weighted by molar-refractivity contribution is 7.12. The number of likely N-dealkylation sites (N-methyl/N-ethyl adjacent to an activating group) is 1. The quantitative estimate of drug-likeness (QED) is 0.800. The second-order valence-corrected chi connectivity index (χ2v) is 4.25. The minimum Gasteiger partial charge on any atom is -0.311 e. The molecule has 0 radical (unpaired) electrons. The highest BCUT2D eigenvalue weighted by Crippen LogP contribution is 2.13. The zero-order chi connectivity index (χ0) is 9.68. The third-order valence-corrected chi connectivity index (χ3v) is 2.59. The normalized spacial score (nSPS) is 13.8. The molecule has 0 fully saturated rings. The molecule has 0 saturated heterocycles. The first kappa shape index (κ1) is 10.4. The first-order valence-electron chi connectivity index (χ1n) is 4.56. The SMILES string of the molecule is CCNC(C)/C=C/c1cnc(C)s1. The first-order valence-corrected chi connectivity index (χ1v) is 5.38. The Labute approximate surface area is 83.7 Å². The molecule has 3 heteroatoms. The highest BCUT2D eigenvalue weighted by Gasteiger charge is 1.95. The second-order valence-electron chi connectivity index (χ2n) is 2.99. The standard InChI is InChI=1S/C10H16N2S/c1-4-11-8(2)5-6-10-7-12-9(3)13-10/h5-8,11H,4H2,1-3H3/b6-5+. The number of nitrogens with one attached hydrogen (secondary N) is 1. The molecule has 0 aliphatic rings. The maximum absolute atomic E-state index is 4.19. The Morgan fingerprint density at radius 1 is 1.69 bits per heavy atom. The third kappa shape index (κ3) is 3.70. The molecule has 1 heterocycles. The minimum atomic E-state index is 0.437. The average Bonchev–Trinajstić information content (AvgIpc) is 2.49. The van der Waals surface area contributed by atoms with Gasteiger partial charge in [0.1, 0.15) is 0 Å². The monoisotopic (exact) mass is 196 g/mol. The van der Waals surface area contributed by atoms with Gasteiger partial charge in [0.15, 0.2) is 0 Å². The molecule has 72 valence electrons. The van der Waals surface area contributed by atoms with Gasteiger partial charge in [0.2, 0.25) is 0 Å². The summed E-state index contributed by atoms with van der Waals surface area (Å²) in [5.41, 5.74) is 0. The molecule has 0 aliphatic carbocycles. The van der Waals surface area contributed by atoms with E-state index in [2.05, 4.69) is 36.3 Å². The van der Waals surface area contributed by atoms with Crippen molar-refractivity contribution in [2.75, 3.05) is 6.54 Å². The lowest BCUT2D eigenvalue weighted by Crippen LogP contribution is -2.22. The Morgan fingerprint density at radius 2 is 2.46 bits per heavy atom. The molecule has 1 rings (SSSR count). The molecule has 13 heavy (non-hydrogen) atoms. The predicted molar refractivity (Wildman–Crippen MR) is 59.0 cm³/mol. The molecule has 1 N–H and O–H groups in total. The van der Waals surface area contributed by atoms with E-state index in [4.69, 9.17) is 0 Å². The van der Waals surface area contributed by atoms with Crippen molar-refractivity contribution < 1.29 is 0 Å². The van der Waals surface area contributed by atoms with E-state index in [1.807, 2.05) is 13.1 Å². The fourth-order valence-corrected chi connectivity index (χ4v) is 1.78. The van der Waals surface area contributed by atoms with Crippen LogP contribution in [-0.2, 0) is 0 Å². The third-order valence-electron chi connectivity index (χ3n) is 1.71. The Kier molecular flexibility index (Phi) is 4.12. The van der Waals surface area contributed by atoms with Crippen LogP contribution in [0.2, 0.25) is 0 Å². The van der Waals surface area contributed by atoms with Gasteiger partial charge in [0.25, 0.3) is 0 Å². The maximum atomic E-state index is 4.19. The van der Waals surface area contributed by atoms with Crippen LogP contribution in [0.25, 0.3) is 6.08 Å². The van der Waals surface area contributed by atoms with Crippen LogP contribution in [-0.4, -0.2) is 17.6 Å². The van der Waals surface area contributed by atoms with Gasteiger partial charge in [-0.2, -0.15) is 0 Å². The molecule has 0 amide bonds. The molecule has 1 unspecified atom stereocenters. The van der Waals surface area contributed by atoms with Gasteiger partial charge < -0.3 is 5.32 Å². The van der Waals surface area contributed by atoms with E-state index >= 15 is 0 Å². The van der Waals surface area contributed by atoms with Gasteiger partial charge in [-0.15, -0.1) is 11.3 Å². The van der Waals surface area contributed by atoms with E-state index in [0.29, 0.717) is 6.04 Å². The highest BCUT2D eigenvalue weighted by atomic mass is 32.1. The lowest BCUT2D eigenvalue weighted by Gasteiger charge is -2.04. The van der Waals surface area contributed by atoms with E-state index in [0.717, 1.165) is 11.6 Å². The van der Waals surface area contributed by atoms with Crippen LogP contribution >= 0.6 is 11.3 Å². The van der Waals surface area contributed by atoms with Crippen molar-refractivity contribution in [2.24, 2.45) is 0 Å². The molecular formula is C10H16N2S. The molecule has 2 nitrogen and oxygen atoms in total. The molecule has 0 spiro atoms. The summed E-state index contributed by atoms with van der Waals surface area (Å²) in [7, 11) is 0. The van der Waals surface area contributed by atoms with Crippen molar-refractivity contribution in [1.82, 2.24) is 10.3 Å². The van der Waals surface area contributed by atoms with Crippen LogP contribution in [0.5, 0.6) is 0 Å². The van der Waals surface area contributed by atoms with Gasteiger partial charge >= 0.3 is 0 Å². The summed E-state index contributed by atoms with van der Waals surface area (Å²) in [5, 5.41) is 4.44. The van der Waals surface area contributed by atoms with E-state index in [1.165, 1.54) is 4.88 Å². The van der Waals surface area contributed by atoms with Crippen LogP contribution in [0.3, 0.4) is 0 Å². The predicted octanol–water partition coefficient (Wildman–Crippen LogP) is 2.46. The van der Waals surface area contributed by atoms with Crippen molar-refractivity contribution in [3.05, 3.63) is 22.2 Å². The summed E-state index contributed by atoms with van der Waals surface area (Å²) >= 11 is 1.72. The molecule has 1 aromatic heterocycles. The molecule has 0 aromatic carbocycles. The van der Waals surface area contributed by atoms with Gasteiger partial charge in [-0.25, -0.2) is 4.98 Å². The number of rotatable bonds is 4. The minimum absolute atomic E-state index is 0.437. The zero-order valence-corrected chi connectivity index (χ0v) is 9.19. The molecular weight excluding hydrogens is 180 g/mol. The van der Waals surface area contributed by atoms with Crippen LogP contribution < -0.4 is 5.32 Å². The van der Waals surface area contributed by atoms with Gasteiger partial charge in [-0.05, 0) is 26.5 Å². The summed E-state index contributed by atoms with van der Waals surface area (Å²) in [6.45, 7) is 7.29. The number of aromatic nitrogens is 1.